The summed E-state index contributed by atoms with van der Waals surface area (Å²) < 4.78 is 16.3. The first-order chi connectivity index (χ1) is 20.4. The molecule has 0 aliphatic heterocycles. The summed E-state index contributed by atoms with van der Waals surface area (Å²) in [7, 11) is 4.51. The lowest BCUT2D eigenvalue weighted by Crippen LogP contribution is -2.30. The van der Waals surface area contributed by atoms with Crippen LogP contribution in [0.5, 0.6) is 17.2 Å². The molecule has 8 nitrogen and oxygen atoms in total. The Morgan fingerprint density at radius 1 is 0.714 bits per heavy atom. The van der Waals surface area contributed by atoms with Crippen molar-refractivity contribution in [3.05, 3.63) is 119 Å². The molecule has 4 aromatic carbocycles. The molecule has 42 heavy (non-hydrogen) atoms. The molecule has 0 atom stereocenters. The van der Waals surface area contributed by atoms with E-state index in [9.17, 15) is 14.4 Å². The van der Waals surface area contributed by atoms with E-state index in [1.807, 2.05) is 30.3 Å². The van der Waals surface area contributed by atoms with Gasteiger partial charge in [-0.05, 0) is 48.5 Å². The van der Waals surface area contributed by atoms with Crippen molar-refractivity contribution in [3.63, 3.8) is 0 Å². The second kappa shape index (κ2) is 14.6. The number of hydrogen-bond donors (Lipinski definition) is 2. The first kappa shape index (κ1) is 30.0. The molecule has 2 amide bonds. The van der Waals surface area contributed by atoms with Crippen LogP contribution in [0.1, 0.15) is 26.3 Å². The highest BCUT2D eigenvalue weighted by Crippen LogP contribution is 2.35. The van der Waals surface area contributed by atoms with E-state index in [1.165, 1.54) is 39.2 Å². The third kappa shape index (κ3) is 7.80. The first-order valence-electron chi connectivity index (χ1n) is 12.9. The van der Waals surface area contributed by atoms with Crippen molar-refractivity contribution in [2.24, 2.45) is 0 Å². The maximum Gasteiger partial charge on any atom is 0.272 e. The normalized spacial score (nSPS) is 10.9. The monoisotopic (exact) mass is 582 g/mol. The van der Waals surface area contributed by atoms with Crippen LogP contribution >= 0.6 is 11.8 Å². The molecule has 0 saturated heterocycles. The number of nitrogens with one attached hydrogen (secondary N) is 2. The van der Waals surface area contributed by atoms with Crippen molar-refractivity contribution < 1.29 is 28.6 Å². The molecule has 0 heterocycles. The zero-order chi connectivity index (χ0) is 29.9. The number of rotatable bonds is 12. The minimum absolute atomic E-state index is 0.0127. The van der Waals surface area contributed by atoms with E-state index in [1.54, 1.807) is 66.7 Å². The molecule has 2 N–H and O–H groups in total. The molecule has 0 aliphatic carbocycles. The Hall–Kier alpha value is -5.02. The first-order valence-corrected chi connectivity index (χ1v) is 13.9. The van der Waals surface area contributed by atoms with Crippen molar-refractivity contribution in [3.8, 4) is 17.2 Å². The van der Waals surface area contributed by atoms with Crippen molar-refractivity contribution in [1.29, 1.82) is 0 Å². The SMILES string of the molecule is COc1cc(OC)c(OC)cc1/C=C(\NC(=O)c1ccccc1)C(=O)Nc1ccc(SCC(=O)c2ccccc2)cc1. The van der Waals surface area contributed by atoms with Crippen LogP contribution in [0, 0.1) is 0 Å². The zero-order valence-electron chi connectivity index (χ0n) is 23.4. The Kier molecular flexibility index (Phi) is 10.4. The summed E-state index contributed by atoms with van der Waals surface area (Å²) >= 11 is 1.41. The van der Waals surface area contributed by atoms with Gasteiger partial charge in [-0.3, -0.25) is 14.4 Å². The highest BCUT2D eigenvalue weighted by Gasteiger charge is 2.18. The molecule has 0 bridgehead atoms. The van der Waals surface area contributed by atoms with E-state index in [2.05, 4.69) is 10.6 Å². The van der Waals surface area contributed by atoms with E-state index in [4.69, 9.17) is 14.2 Å². The number of methoxy groups -OCH3 is 3. The molecule has 0 spiro atoms. The quantitative estimate of drug-likeness (QED) is 0.118. The number of carbonyl (C=O) groups is 3. The number of ketones is 1. The number of hydrogen-bond acceptors (Lipinski definition) is 7. The van der Waals surface area contributed by atoms with E-state index in [0.29, 0.717) is 45.4 Å². The topological polar surface area (TPSA) is 103 Å². The predicted octanol–water partition coefficient (Wildman–Crippen LogP) is 6.10. The van der Waals surface area contributed by atoms with Crippen molar-refractivity contribution >= 4 is 41.1 Å². The zero-order valence-corrected chi connectivity index (χ0v) is 24.2. The molecule has 0 radical (unpaired) electrons. The van der Waals surface area contributed by atoms with E-state index in [0.717, 1.165) is 4.90 Å². The van der Waals surface area contributed by atoms with Crippen LogP contribution in [0.15, 0.2) is 108 Å². The van der Waals surface area contributed by atoms with E-state index >= 15 is 0 Å². The molecular weight excluding hydrogens is 552 g/mol. The van der Waals surface area contributed by atoms with Crippen LogP contribution in [-0.2, 0) is 4.79 Å². The fourth-order valence-corrected chi connectivity index (χ4v) is 4.75. The molecule has 0 saturated carbocycles. The van der Waals surface area contributed by atoms with E-state index in [-0.39, 0.29) is 11.5 Å². The van der Waals surface area contributed by atoms with E-state index < -0.39 is 11.8 Å². The van der Waals surface area contributed by atoms with Crippen molar-refractivity contribution in [2.45, 2.75) is 4.90 Å². The van der Waals surface area contributed by atoms with Gasteiger partial charge in [0.1, 0.15) is 11.4 Å². The average molecular weight is 583 g/mol. The third-order valence-electron chi connectivity index (χ3n) is 6.14. The molecule has 0 aromatic heterocycles. The van der Waals surface area contributed by atoms with Gasteiger partial charge in [0, 0.05) is 33.3 Å². The van der Waals surface area contributed by atoms with Crippen LogP contribution in [0.4, 0.5) is 5.69 Å². The van der Waals surface area contributed by atoms with Crippen LogP contribution in [0.2, 0.25) is 0 Å². The highest BCUT2D eigenvalue weighted by atomic mass is 32.2. The number of ether oxygens (including phenoxy) is 3. The maximum atomic E-state index is 13.5. The van der Waals surface area contributed by atoms with Gasteiger partial charge in [-0.25, -0.2) is 0 Å². The minimum Gasteiger partial charge on any atom is -0.496 e. The van der Waals surface area contributed by atoms with Crippen LogP contribution in [0.25, 0.3) is 6.08 Å². The number of amides is 2. The van der Waals surface area contributed by atoms with Gasteiger partial charge in [0.2, 0.25) is 0 Å². The number of carbonyl (C=O) groups excluding carboxylic acids is 3. The van der Waals surface area contributed by atoms with Crippen LogP contribution < -0.4 is 24.8 Å². The predicted molar refractivity (Wildman–Crippen MR) is 165 cm³/mol. The fraction of sp³-hybridized carbons (Fsp3) is 0.121. The average Bonchev–Trinajstić information content (AvgIpc) is 3.04. The Morgan fingerprint density at radius 3 is 1.88 bits per heavy atom. The smallest absolute Gasteiger partial charge is 0.272 e. The van der Waals surface area contributed by atoms with Gasteiger partial charge < -0.3 is 24.8 Å². The number of Topliss-reactive ketones (excluding diaryl/α,β-unsaturated/α-hetero) is 1. The van der Waals surface area contributed by atoms with Crippen LogP contribution in [-0.4, -0.2) is 44.7 Å². The highest BCUT2D eigenvalue weighted by molar-refractivity contribution is 8.00. The lowest BCUT2D eigenvalue weighted by Gasteiger charge is -2.15. The Balaban J connectivity index is 1.55. The summed E-state index contributed by atoms with van der Waals surface area (Å²) in [6.07, 6.45) is 1.51. The molecule has 4 rings (SSSR count). The standard InChI is InChI=1S/C33H30N2O6S/c1-39-29-20-31(41-3)30(40-2)19-24(29)18-27(35-32(37)23-12-8-5-9-13-23)33(38)34-25-14-16-26(17-15-25)42-21-28(36)22-10-6-4-7-11-22/h4-20H,21H2,1-3H3,(H,34,38)(H,35,37)/b27-18-. The third-order valence-corrected chi connectivity index (χ3v) is 7.15. The number of anilines is 1. The summed E-state index contributed by atoms with van der Waals surface area (Å²) in [6, 6.07) is 28.1. The van der Waals surface area contributed by atoms with Crippen molar-refractivity contribution in [2.75, 3.05) is 32.4 Å². The largest absolute Gasteiger partial charge is 0.496 e. The summed E-state index contributed by atoms with van der Waals surface area (Å²) in [6.45, 7) is 0. The van der Waals surface area contributed by atoms with Gasteiger partial charge in [0.05, 0.1) is 27.1 Å². The van der Waals surface area contributed by atoms with Gasteiger partial charge in [-0.1, -0.05) is 48.5 Å². The minimum atomic E-state index is -0.546. The van der Waals surface area contributed by atoms with Gasteiger partial charge in [0.15, 0.2) is 17.3 Å². The lowest BCUT2D eigenvalue weighted by atomic mass is 10.1. The van der Waals surface area contributed by atoms with Gasteiger partial charge in [-0.15, -0.1) is 11.8 Å². The lowest BCUT2D eigenvalue weighted by molar-refractivity contribution is -0.113. The van der Waals surface area contributed by atoms with Gasteiger partial charge in [-0.2, -0.15) is 0 Å². The summed E-state index contributed by atoms with van der Waals surface area (Å²) in [5.41, 5.74) is 2.04. The summed E-state index contributed by atoms with van der Waals surface area (Å²) in [4.78, 5) is 39.8. The Bertz CT molecular complexity index is 1570. The Morgan fingerprint density at radius 2 is 1.29 bits per heavy atom. The molecule has 0 unspecified atom stereocenters. The second-order valence-electron chi connectivity index (χ2n) is 8.88. The summed E-state index contributed by atoms with van der Waals surface area (Å²) in [5, 5.41) is 5.55. The van der Waals surface area contributed by atoms with Crippen molar-refractivity contribution in [1.82, 2.24) is 5.32 Å². The Labute approximate surface area is 248 Å². The fourth-order valence-electron chi connectivity index (χ4n) is 3.95. The molecule has 4 aromatic rings. The maximum absolute atomic E-state index is 13.5. The molecule has 9 heteroatoms. The number of benzene rings is 4. The molecule has 214 valence electrons. The summed E-state index contributed by atoms with van der Waals surface area (Å²) in [5.74, 6) is 0.626. The molecule has 0 aliphatic rings. The number of thioether (sulfide) groups is 1. The second-order valence-corrected chi connectivity index (χ2v) is 9.93. The molecular formula is C33H30N2O6S. The van der Waals surface area contributed by atoms with Gasteiger partial charge in [0.25, 0.3) is 11.8 Å². The molecule has 0 fully saturated rings. The van der Waals surface area contributed by atoms with Gasteiger partial charge >= 0.3 is 0 Å². The van der Waals surface area contributed by atoms with Crippen LogP contribution in [0.3, 0.4) is 0 Å².